The van der Waals surface area contributed by atoms with Crippen molar-refractivity contribution in [2.45, 2.75) is 65.4 Å². The van der Waals surface area contributed by atoms with Crippen molar-refractivity contribution in [3.05, 3.63) is 34.9 Å². The zero-order valence-electron chi connectivity index (χ0n) is 12.7. The Bertz CT molecular complexity index is 402. The highest BCUT2D eigenvalue weighted by atomic mass is 16.3. The second-order valence-corrected chi connectivity index (χ2v) is 6.39. The molecule has 1 N–H and O–H groups in total. The molecule has 1 atom stereocenters. The molecule has 0 saturated heterocycles. The quantitative estimate of drug-likeness (QED) is 0.849. The lowest BCUT2D eigenvalue weighted by Crippen LogP contribution is -2.27. The maximum Gasteiger partial charge on any atom is 0.0608 e. The molecule has 1 aliphatic rings. The van der Waals surface area contributed by atoms with E-state index in [1.54, 1.807) is 0 Å². The SMILES string of the molecule is CCC1CCC(C(O)Cc2cc(C)ccc2C)CC1. The van der Waals surface area contributed by atoms with Crippen LogP contribution in [0.5, 0.6) is 0 Å². The van der Waals surface area contributed by atoms with Gasteiger partial charge in [-0.05, 0) is 56.1 Å². The predicted octanol–water partition coefficient (Wildman–Crippen LogP) is 4.42. The van der Waals surface area contributed by atoms with Crippen molar-refractivity contribution in [2.24, 2.45) is 11.8 Å². The Kier molecular flexibility index (Phi) is 5.04. The van der Waals surface area contributed by atoms with Crippen LogP contribution in [0.15, 0.2) is 18.2 Å². The molecule has 1 fully saturated rings. The lowest BCUT2D eigenvalue weighted by atomic mass is 9.77. The van der Waals surface area contributed by atoms with E-state index in [4.69, 9.17) is 0 Å². The third-order valence-electron chi connectivity index (χ3n) is 4.95. The summed E-state index contributed by atoms with van der Waals surface area (Å²) in [7, 11) is 0. The molecule has 0 heterocycles. The van der Waals surface area contributed by atoms with Gasteiger partial charge in [0.05, 0.1) is 6.10 Å². The van der Waals surface area contributed by atoms with Crippen LogP contribution in [-0.2, 0) is 6.42 Å². The first-order valence-electron chi connectivity index (χ1n) is 7.84. The van der Waals surface area contributed by atoms with Crippen molar-refractivity contribution >= 4 is 0 Å². The molecular formula is C18H28O. The first-order chi connectivity index (χ1) is 9.10. The lowest BCUT2D eigenvalue weighted by Gasteiger charge is -2.31. The van der Waals surface area contributed by atoms with Crippen LogP contribution in [0.2, 0.25) is 0 Å². The summed E-state index contributed by atoms with van der Waals surface area (Å²) in [4.78, 5) is 0. The van der Waals surface area contributed by atoms with Gasteiger partial charge in [-0.2, -0.15) is 0 Å². The summed E-state index contributed by atoms with van der Waals surface area (Å²) < 4.78 is 0. The Morgan fingerprint density at radius 2 is 1.84 bits per heavy atom. The number of aliphatic hydroxyl groups excluding tert-OH is 1. The van der Waals surface area contributed by atoms with Gasteiger partial charge in [0.2, 0.25) is 0 Å². The summed E-state index contributed by atoms with van der Waals surface area (Å²) in [6, 6.07) is 6.55. The van der Waals surface area contributed by atoms with E-state index >= 15 is 0 Å². The Morgan fingerprint density at radius 3 is 2.47 bits per heavy atom. The average molecular weight is 260 g/mol. The Labute approximate surface area is 118 Å². The van der Waals surface area contributed by atoms with E-state index in [1.165, 1.54) is 48.8 Å². The Balaban J connectivity index is 1.94. The highest BCUT2D eigenvalue weighted by molar-refractivity contribution is 5.31. The smallest absolute Gasteiger partial charge is 0.0608 e. The van der Waals surface area contributed by atoms with E-state index in [0.717, 1.165) is 12.3 Å². The zero-order chi connectivity index (χ0) is 13.8. The van der Waals surface area contributed by atoms with Crippen molar-refractivity contribution in [1.29, 1.82) is 0 Å². The molecule has 1 heteroatoms. The minimum Gasteiger partial charge on any atom is -0.392 e. The summed E-state index contributed by atoms with van der Waals surface area (Å²) in [6.07, 6.45) is 7.03. The second-order valence-electron chi connectivity index (χ2n) is 6.39. The molecule has 0 bridgehead atoms. The van der Waals surface area contributed by atoms with Crippen LogP contribution >= 0.6 is 0 Å². The zero-order valence-corrected chi connectivity index (χ0v) is 12.7. The van der Waals surface area contributed by atoms with Gasteiger partial charge >= 0.3 is 0 Å². The van der Waals surface area contributed by atoms with Crippen LogP contribution in [0.1, 0.15) is 55.7 Å². The number of rotatable bonds is 4. The summed E-state index contributed by atoms with van der Waals surface area (Å²) in [6.45, 7) is 6.56. The minimum absolute atomic E-state index is 0.154. The van der Waals surface area contributed by atoms with Crippen LogP contribution in [0.25, 0.3) is 0 Å². The number of aryl methyl sites for hydroxylation is 2. The molecular weight excluding hydrogens is 232 g/mol. The van der Waals surface area contributed by atoms with Crippen molar-refractivity contribution < 1.29 is 5.11 Å². The van der Waals surface area contributed by atoms with Gasteiger partial charge in [0.15, 0.2) is 0 Å². The van der Waals surface area contributed by atoms with Crippen LogP contribution in [0.4, 0.5) is 0 Å². The molecule has 19 heavy (non-hydrogen) atoms. The Hall–Kier alpha value is -0.820. The fraction of sp³-hybridized carbons (Fsp3) is 0.667. The van der Waals surface area contributed by atoms with E-state index in [1.807, 2.05) is 0 Å². The van der Waals surface area contributed by atoms with Crippen molar-refractivity contribution in [2.75, 3.05) is 0 Å². The monoisotopic (exact) mass is 260 g/mol. The highest BCUT2D eigenvalue weighted by Gasteiger charge is 2.25. The molecule has 1 aromatic carbocycles. The normalized spacial score (nSPS) is 25.3. The minimum atomic E-state index is -0.154. The van der Waals surface area contributed by atoms with Gasteiger partial charge in [0.1, 0.15) is 0 Å². The standard InChI is InChI=1S/C18H28O/c1-4-15-7-9-16(10-8-15)18(19)12-17-11-13(2)5-6-14(17)3/h5-6,11,15-16,18-19H,4,7-10,12H2,1-3H3. The first-order valence-corrected chi connectivity index (χ1v) is 7.84. The molecule has 1 nitrogen and oxygen atoms in total. The van der Waals surface area contributed by atoms with Gasteiger partial charge in [0, 0.05) is 0 Å². The summed E-state index contributed by atoms with van der Waals surface area (Å²) in [5.41, 5.74) is 3.93. The van der Waals surface area contributed by atoms with Crippen molar-refractivity contribution in [1.82, 2.24) is 0 Å². The summed E-state index contributed by atoms with van der Waals surface area (Å²) >= 11 is 0. The molecule has 1 saturated carbocycles. The summed E-state index contributed by atoms with van der Waals surface area (Å²) in [5, 5.41) is 10.5. The molecule has 1 aliphatic carbocycles. The van der Waals surface area contributed by atoms with E-state index in [9.17, 15) is 5.11 Å². The van der Waals surface area contributed by atoms with Gasteiger partial charge in [-0.15, -0.1) is 0 Å². The number of aliphatic hydroxyl groups is 1. The maximum absolute atomic E-state index is 10.5. The average Bonchev–Trinajstić information content (AvgIpc) is 2.43. The van der Waals surface area contributed by atoms with E-state index < -0.39 is 0 Å². The third-order valence-corrected chi connectivity index (χ3v) is 4.95. The molecule has 0 spiro atoms. The van der Waals surface area contributed by atoms with Crippen molar-refractivity contribution in [3.63, 3.8) is 0 Å². The number of hydrogen-bond acceptors (Lipinski definition) is 1. The maximum atomic E-state index is 10.5. The number of benzene rings is 1. The topological polar surface area (TPSA) is 20.2 Å². The second kappa shape index (κ2) is 6.56. The Morgan fingerprint density at radius 1 is 1.16 bits per heavy atom. The fourth-order valence-electron chi connectivity index (χ4n) is 3.39. The fourth-order valence-corrected chi connectivity index (χ4v) is 3.39. The molecule has 0 amide bonds. The predicted molar refractivity (Wildman–Crippen MR) is 81.4 cm³/mol. The first kappa shape index (κ1) is 14.6. The summed E-state index contributed by atoms with van der Waals surface area (Å²) in [5.74, 6) is 1.42. The van der Waals surface area contributed by atoms with Gasteiger partial charge in [-0.1, -0.05) is 49.9 Å². The van der Waals surface area contributed by atoms with Crippen LogP contribution in [-0.4, -0.2) is 11.2 Å². The molecule has 1 unspecified atom stereocenters. The van der Waals surface area contributed by atoms with E-state index in [-0.39, 0.29) is 6.10 Å². The largest absolute Gasteiger partial charge is 0.392 e. The van der Waals surface area contributed by atoms with E-state index in [0.29, 0.717) is 5.92 Å². The molecule has 1 aromatic rings. The number of hydrogen-bond donors (Lipinski definition) is 1. The molecule has 106 valence electrons. The molecule has 0 aromatic heterocycles. The van der Waals surface area contributed by atoms with Gasteiger partial charge in [0.25, 0.3) is 0 Å². The van der Waals surface area contributed by atoms with Gasteiger partial charge in [-0.25, -0.2) is 0 Å². The molecule has 0 radical (unpaired) electrons. The van der Waals surface area contributed by atoms with Crippen molar-refractivity contribution in [3.8, 4) is 0 Å². The lowest BCUT2D eigenvalue weighted by molar-refractivity contribution is 0.0734. The van der Waals surface area contributed by atoms with Crippen LogP contribution in [0, 0.1) is 25.7 Å². The van der Waals surface area contributed by atoms with Gasteiger partial charge < -0.3 is 5.11 Å². The van der Waals surface area contributed by atoms with Crippen LogP contribution in [0.3, 0.4) is 0 Å². The van der Waals surface area contributed by atoms with Crippen LogP contribution < -0.4 is 0 Å². The highest BCUT2D eigenvalue weighted by Crippen LogP contribution is 2.33. The molecule has 0 aliphatic heterocycles. The third kappa shape index (κ3) is 3.82. The molecule has 2 rings (SSSR count). The van der Waals surface area contributed by atoms with Gasteiger partial charge in [-0.3, -0.25) is 0 Å². The van der Waals surface area contributed by atoms with E-state index in [2.05, 4.69) is 39.0 Å².